The second-order valence-electron chi connectivity index (χ2n) is 3.57. The Morgan fingerprint density at radius 1 is 1.14 bits per heavy atom. The van der Waals surface area contributed by atoms with Crippen LogP contribution >= 0.6 is 0 Å². The van der Waals surface area contributed by atoms with Gasteiger partial charge in [0, 0.05) is 0 Å². The quantitative estimate of drug-likeness (QED) is 0.227. The third kappa shape index (κ3) is 7.51. The standard InChI is InChI=1S/C10H10O9S.2Na/c11-8(12)4-19-10(15)6-1-5(9(13)14)2-7(3-6)20(16,17)18;;/h1-3,8,11-12H,4H2,(H,13,14)(H,16,17,18);;/q;2*+1/p-2. The predicted molar refractivity (Wildman–Crippen MR) is 57.2 cm³/mol. The van der Waals surface area contributed by atoms with E-state index in [0.717, 1.165) is 6.07 Å². The zero-order valence-electron chi connectivity index (χ0n) is 11.7. The fourth-order valence-corrected chi connectivity index (χ4v) is 1.76. The monoisotopic (exact) mass is 350 g/mol. The number of carbonyl (C=O) groups excluding carboxylic acids is 2. The van der Waals surface area contributed by atoms with E-state index in [1.54, 1.807) is 0 Å². The Hall–Kier alpha value is -0.01000. The average molecular weight is 350 g/mol. The molecule has 1 aromatic carbocycles. The fourth-order valence-electron chi connectivity index (χ4n) is 1.21. The van der Waals surface area contributed by atoms with E-state index in [9.17, 15) is 27.7 Å². The van der Waals surface area contributed by atoms with E-state index in [2.05, 4.69) is 4.74 Å². The molecule has 12 heteroatoms. The maximum atomic E-state index is 11.4. The van der Waals surface area contributed by atoms with E-state index in [4.69, 9.17) is 10.2 Å². The van der Waals surface area contributed by atoms with Gasteiger partial charge in [-0.3, -0.25) is 0 Å². The van der Waals surface area contributed by atoms with Gasteiger partial charge in [-0.15, -0.1) is 0 Å². The van der Waals surface area contributed by atoms with Crippen molar-refractivity contribution < 1.29 is 102 Å². The van der Waals surface area contributed by atoms with Crippen molar-refractivity contribution in [3.05, 3.63) is 29.3 Å². The Bertz CT molecular complexity index is 642. The van der Waals surface area contributed by atoms with Crippen LogP contribution in [-0.2, 0) is 14.9 Å². The summed E-state index contributed by atoms with van der Waals surface area (Å²) in [6.07, 6.45) is -1.95. The van der Waals surface area contributed by atoms with Gasteiger partial charge in [0.2, 0.25) is 0 Å². The van der Waals surface area contributed by atoms with Crippen molar-refractivity contribution in [2.24, 2.45) is 0 Å². The summed E-state index contributed by atoms with van der Waals surface area (Å²) >= 11 is 0. The van der Waals surface area contributed by atoms with Crippen LogP contribution in [0.5, 0.6) is 0 Å². The van der Waals surface area contributed by atoms with Gasteiger partial charge in [-0.25, -0.2) is 13.2 Å². The Morgan fingerprint density at radius 3 is 2.05 bits per heavy atom. The molecule has 1 aromatic rings. The third-order valence-corrected chi connectivity index (χ3v) is 2.84. The molecular formula is C10H8Na2O9S. The van der Waals surface area contributed by atoms with Crippen LogP contribution in [0.1, 0.15) is 20.7 Å². The number of aliphatic hydroxyl groups excluding tert-OH is 1. The number of hydrogen-bond donors (Lipinski definition) is 2. The van der Waals surface area contributed by atoms with Crippen molar-refractivity contribution in [3.8, 4) is 0 Å². The average Bonchev–Trinajstić information content (AvgIpc) is 2.34. The van der Waals surface area contributed by atoms with Crippen LogP contribution in [0.25, 0.3) is 0 Å². The molecule has 9 nitrogen and oxygen atoms in total. The van der Waals surface area contributed by atoms with Gasteiger partial charge in [0.15, 0.2) is 6.29 Å². The molecule has 0 saturated heterocycles. The second kappa shape index (κ2) is 9.98. The summed E-state index contributed by atoms with van der Waals surface area (Å²) in [6, 6.07) is 1.88. The van der Waals surface area contributed by atoms with Gasteiger partial charge in [0.05, 0.1) is 16.4 Å². The van der Waals surface area contributed by atoms with Crippen molar-refractivity contribution in [1.82, 2.24) is 0 Å². The summed E-state index contributed by atoms with van der Waals surface area (Å²) in [7, 11) is -4.99. The normalized spacial score (nSPS) is 10.4. The van der Waals surface area contributed by atoms with Crippen LogP contribution in [0.2, 0.25) is 0 Å². The minimum atomic E-state index is -4.99. The molecule has 0 aliphatic rings. The van der Waals surface area contributed by atoms with Gasteiger partial charge in [0.25, 0.3) is 0 Å². The molecule has 0 aromatic heterocycles. The van der Waals surface area contributed by atoms with E-state index < -0.39 is 51.0 Å². The first-order chi connectivity index (χ1) is 9.11. The molecule has 0 amide bonds. The largest absolute Gasteiger partial charge is 1.00 e. The molecular weight excluding hydrogens is 342 g/mol. The van der Waals surface area contributed by atoms with Gasteiger partial charge in [-0.1, -0.05) is 0 Å². The van der Waals surface area contributed by atoms with Crippen LogP contribution in [0.3, 0.4) is 0 Å². The van der Waals surface area contributed by atoms with Crippen LogP contribution in [0.15, 0.2) is 23.1 Å². The van der Waals surface area contributed by atoms with E-state index in [0.29, 0.717) is 12.1 Å². The molecule has 0 radical (unpaired) electrons. The summed E-state index contributed by atoms with van der Waals surface area (Å²) in [5.74, 6) is -3.03. The van der Waals surface area contributed by atoms with E-state index >= 15 is 0 Å². The van der Waals surface area contributed by atoms with Crippen molar-refractivity contribution in [2.75, 3.05) is 6.61 Å². The number of aromatic carboxylic acids is 1. The number of carbonyl (C=O) groups is 2. The topological polar surface area (TPSA) is 164 Å². The Kier molecular flexibility index (Phi) is 11.0. The molecule has 0 aliphatic carbocycles. The first-order valence-corrected chi connectivity index (χ1v) is 6.37. The first kappa shape index (κ1) is 24.2. The number of ether oxygens (including phenoxy) is 1. The van der Waals surface area contributed by atoms with Crippen molar-refractivity contribution in [2.45, 2.75) is 11.2 Å². The van der Waals surface area contributed by atoms with E-state index in [1.807, 2.05) is 0 Å². The summed E-state index contributed by atoms with van der Waals surface area (Å²) in [5.41, 5.74) is -1.26. The third-order valence-electron chi connectivity index (χ3n) is 2.03. The molecule has 110 valence electrons. The minimum Gasteiger partial charge on any atom is -0.744 e. The number of benzene rings is 1. The molecule has 0 saturated carbocycles. The van der Waals surface area contributed by atoms with Crippen LogP contribution in [0, 0.1) is 0 Å². The van der Waals surface area contributed by atoms with Gasteiger partial charge >= 0.3 is 65.1 Å². The number of rotatable bonds is 5. The van der Waals surface area contributed by atoms with Crippen molar-refractivity contribution in [3.63, 3.8) is 0 Å². The predicted octanol–water partition coefficient (Wildman–Crippen LogP) is -8.57. The summed E-state index contributed by atoms with van der Waals surface area (Å²) < 4.78 is 36.9. The van der Waals surface area contributed by atoms with Crippen LogP contribution in [-0.4, -0.2) is 48.0 Å². The summed E-state index contributed by atoms with van der Waals surface area (Å²) in [6.45, 7) is -0.812. The Morgan fingerprint density at radius 2 is 1.64 bits per heavy atom. The smallest absolute Gasteiger partial charge is 0.744 e. The number of esters is 1. The number of carboxylic acid groups (broad SMARTS) is 1. The molecule has 0 aliphatic heterocycles. The molecule has 22 heavy (non-hydrogen) atoms. The zero-order chi connectivity index (χ0) is 15.5. The molecule has 0 fully saturated rings. The SMILES string of the molecule is O=C([O-])c1cc(C(=O)OCC(O)O)cc(S(=O)(=O)[O-])c1.[Na+].[Na+]. The maximum absolute atomic E-state index is 11.4. The van der Waals surface area contributed by atoms with Gasteiger partial charge in [-0.05, 0) is 23.8 Å². The zero-order valence-corrected chi connectivity index (χ0v) is 16.5. The Labute approximate surface area is 169 Å². The van der Waals surface area contributed by atoms with Gasteiger partial charge < -0.3 is 29.4 Å². The molecule has 2 N–H and O–H groups in total. The second-order valence-corrected chi connectivity index (χ2v) is 4.95. The van der Waals surface area contributed by atoms with Crippen LogP contribution in [0.4, 0.5) is 0 Å². The molecule has 0 bridgehead atoms. The number of aliphatic hydroxyl groups is 2. The van der Waals surface area contributed by atoms with Crippen molar-refractivity contribution >= 4 is 22.1 Å². The minimum absolute atomic E-state index is 0. The van der Waals surface area contributed by atoms with E-state index in [1.165, 1.54) is 0 Å². The molecule has 0 atom stereocenters. The van der Waals surface area contributed by atoms with E-state index in [-0.39, 0.29) is 59.1 Å². The summed E-state index contributed by atoms with van der Waals surface area (Å²) in [5, 5.41) is 27.7. The Balaban J connectivity index is 0. The van der Waals surface area contributed by atoms with Gasteiger partial charge in [0.1, 0.15) is 16.7 Å². The van der Waals surface area contributed by atoms with Crippen LogP contribution < -0.4 is 64.2 Å². The molecule has 0 heterocycles. The summed E-state index contributed by atoms with van der Waals surface area (Å²) in [4.78, 5) is 21.2. The maximum Gasteiger partial charge on any atom is 1.00 e. The molecule has 0 spiro atoms. The molecule has 0 unspecified atom stereocenters. The first-order valence-electron chi connectivity index (χ1n) is 4.97. The number of hydrogen-bond acceptors (Lipinski definition) is 9. The van der Waals surface area contributed by atoms with Gasteiger partial charge in [-0.2, -0.15) is 0 Å². The van der Waals surface area contributed by atoms with Crippen molar-refractivity contribution in [1.29, 1.82) is 0 Å². The number of carboxylic acids is 1. The molecule has 1 rings (SSSR count). The fraction of sp³-hybridized carbons (Fsp3) is 0.200.